The Morgan fingerprint density at radius 3 is 2.67 bits per heavy atom. The van der Waals surface area contributed by atoms with Gasteiger partial charge in [-0.25, -0.2) is 4.39 Å². The molecule has 0 atom stereocenters. The molecule has 0 radical (unpaired) electrons. The molecule has 0 unspecified atom stereocenters. The molecular formula is C13H12FN3S. The molecule has 92 valence electrons. The molecule has 3 N–H and O–H groups in total. The van der Waals surface area contributed by atoms with E-state index in [1.54, 1.807) is 24.4 Å². The van der Waals surface area contributed by atoms with Crippen molar-refractivity contribution in [1.82, 2.24) is 4.98 Å². The summed E-state index contributed by atoms with van der Waals surface area (Å²) >= 11 is 4.81. The standard InChI is InChI=1S/C13H12FN3S/c1-8-2-4-11(10(14)6-8)17-9-3-5-12(13(15)18)16-7-9/h2-7,17H,1H3,(H2,15,18). The lowest BCUT2D eigenvalue weighted by Gasteiger charge is -2.08. The third-order valence-electron chi connectivity index (χ3n) is 2.42. The summed E-state index contributed by atoms with van der Waals surface area (Å²) in [4.78, 5) is 4.31. The fourth-order valence-corrected chi connectivity index (χ4v) is 1.61. The Labute approximate surface area is 110 Å². The smallest absolute Gasteiger partial charge is 0.146 e. The number of benzene rings is 1. The van der Waals surface area contributed by atoms with Gasteiger partial charge in [-0.15, -0.1) is 0 Å². The first kappa shape index (κ1) is 12.4. The molecule has 1 aromatic heterocycles. The van der Waals surface area contributed by atoms with E-state index < -0.39 is 0 Å². The van der Waals surface area contributed by atoms with E-state index in [4.69, 9.17) is 18.0 Å². The number of halogens is 1. The summed E-state index contributed by atoms with van der Waals surface area (Å²) < 4.78 is 13.6. The highest BCUT2D eigenvalue weighted by Crippen LogP contribution is 2.20. The normalized spacial score (nSPS) is 10.1. The Morgan fingerprint density at radius 1 is 1.33 bits per heavy atom. The lowest BCUT2D eigenvalue weighted by atomic mass is 10.2. The highest BCUT2D eigenvalue weighted by atomic mass is 32.1. The van der Waals surface area contributed by atoms with Crippen LogP contribution in [0.5, 0.6) is 0 Å². The number of pyridine rings is 1. The number of nitrogens with zero attached hydrogens (tertiary/aromatic N) is 1. The molecule has 0 bridgehead atoms. The number of thiocarbonyl (C=S) groups is 1. The molecule has 0 fully saturated rings. The van der Waals surface area contributed by atoms with Crippen molar-refractivity contribution >= 4 is 28.6 Å². The molecule has 0 spiro atoms. The van der Waals surface area contributed by atoms with Gasteiger partial charge in [-0.3, -0.25) is 4.98 Å². The van der Waals surface area contributed by atoms with Crippen LogP contribution in [-0.4, -0.2) is 9.97 Å². The van der Waals surface area contributed by atoms with Crippen molar-refractivity contribution in [1.29, 1.82) is 0 Å². The van der Waals surface area contributed by atoms with Crippen LogP contribution in [0.1, 0.15) is 11.3 Å². The quantitative estimate of drug-likeness (QED) is 0.834. The molecule has 2 aromatic rings. The Kier molecular flexibility index (Phi) is 3.53. The summed E-state index contributed by atoms with van der Waals surface area (Å²) in [5, 5.41) is 2.94. The molecule has 1 heterocycles. The van der Waals surface area contributed by atoms with Gasteiger partial charge >= 0.3 is 0 Å². The Bertz CT molecular complexity index is 581. The van der Waals surface area contributed by atoms with Gasteiger partial charge in [0.1, 0.15) is 10.8 Å². The van der Waals surface area contributed by atoms with E-state index in [2.05, 4.69) is 10.3 Å². The molecule has 0 aliphatic heterocycles. The minimum Gasteiger partial charge on any atom is -0.388 e. The molecule has 2 rings (SSSR count). The van der Waals surface area contributed by atoms with Crippen molar-refractivity contribution in [2.75, 3.05) is 5.32 Å². The van der Waals surface area contributed by atoms with Gasteiger partial charge in [0.05, 0.1) is 23.3 Å². The largest absolute Gasteiger partial charge is 0.388 e. The maximum atomic E-state index is 13.6. The predicted molar refractivity (Wildman–Crippen MR) is 74.5 cm³/mol. The summed E-state index contributed by atoms with van der Waals surface area (Å²) in [7, 11) is 0. The van der Waals surface area contributed by atoms with Gasteiger partial charge < -0.3 is 11.1 Å². The molecule has 0 aliphatic rings. The molecule has 0 saturated heterocycles. The molecule has 0 saturated carbocycles. The van der Waals surface area contributed by atoms with Crippen LogP contribution in [0.15, 0.2) is 36.5 Å². The number of rotatable bonds is 3. The van der Waals surface area contributed by atoms with Crippen molar-refractivity contribution < 1.29 is 4.39 Å². The van der Waals surface area contributed by atoms with Gasteiger partial charge in [-0.1, -0.05) is 18.3 Å². The van der Waals surface area contributed by atoms with Gasteiger partial charge in [-0.05, 0) is 36.8 Å². The first-order valence-electron chi connectivity index (χ1n) is 5.35. The van der Waals surface area contributed by atoms with E-state index in [0.717, 1.165) is 5.56 Å². The number of hydrogen-bond donors (Lipinski definition) is 2. The van der Waals surface area contributed by atoms with Crippen LogP contribution < -0.4 is 11.1 Å². The van der Waals surface area contributed by atoms with Crippen molar-refractivity contribution in [3.8, 4) is 0 Å². The van der Waals surface area contributed by atoms with E-state index in [1.165, 1.54) is 6.07 Å². The second-order valence-electron chi connectivity index (χ2n) is 3.90. The lowest BCUT2D eigenvalue weighted by molar-refractivity contribution is 0.630. The summed E-state index contributed by atoms with van der Waals surface area (Å²) in [6.07, 6.45) is 1.56. The molecule has 18 heavy (non-hydrogen) atoms. The average molecular weight is 261 g/mol. The topological polar surface area (TPSA) is 50.9 Å². The Hall–Kier alpha value is -2.01. The second kappa shape index (κ2) is 5.10. The highest BCUT2D eigenvalue weighted by molar-refractivity contribution is 7.80. The van der Waals surface area contributed by atoms with E-state index in [1.807, 2.05) is 13.0 Å². The average Bonchev–Trinajstić information content (AvgIpc) is 2.33. The van der Waals surface area contributed by atoms with Crippen molar-refractivity contribution in [2.24, 2.45) is 5.73 Å². The number of aromatic nitrogens is 1. The maximum absolute atomic E-state index is 13.6. The SMILES string of the molecule is Cc1ccc(Nc2ccc(C(N)=S)nc2)c(F)c1. The van der Waals surface area contributed by atoms with Crippen LogP contribution in [0.25, 0.3) is 0 Å². The molecule has 0 aliphatic carbocycles. The van der Waals surface area contributed by atoms with Crippen molar-refractivity contribution in [3.63, 3.8) is 0 Å². The summed E-state index contributed by atoms with van der Waals surface area (Å²) in [6, 6.07) is 8.44. The van der Waals surface area contributed by atoms with Gasteiger partial charge in [-0.2, -0.15) is 0 Å². The third kappa shape index (κ3) is 2.81. The number of hydrogen-bond acceptors (Lipinski definition) is 3. The van der Waals surface area contributed by atoms with Gasteiger partial charge in [0, 0.05) is 0 Å². The first-order chi connectivity index (χ1) is 8.56. The van der Waals surface area contributed by atoms with Gasteiger partial charge in [0.25, 0.3) is 0 Å². The van der Waals surface area contributed by atoms with Crippen LogP contribution in [-0.2, 0) is 0 Å². The monoisotopic (exact) mass is 261 g/mol. The van der Waals surface area contributed by atoms with Crippen molar-refractivity contribution in [3.05, 3.63) is 53.6 Å². The number of nitrogens with two attached hydrogens (primary N) is 1. The highest BCUT2D eigenvalue weighted by Gasteiger charge is 2.03. The zero-order chi connectivity index (χ0) is 13.1. The van der Waals surface area contributed by atoms with Gasteiger partial charge in [0.2, 0.25) is 0 Å². The molecular weight excluding hydrogens is 249 g/mol. The Balaban J connectivity index is 2.21. The third-order valence-corrected chi connectivity index (χ3v) is 2.63. The van der Waals surface area contributed by atoms with Crippen molar-refractivity contribution in [2.45, 2.75) is 6.92 Å². The Morgan fingerprint density at radius 2 is 2.11 bits per heavy atom. The molecule has 1 aromatic carbocycles. The number of nitrogens with one attached hydrogen (secondary N) is 1. The number of aryl methyl sites for hydroxylation is 1. The summed E-state index contributed by atoms with van der Waals surface area (Å²) in [5.41, 5.74) is 7.95. The minimum atomic E-state index is -0.298. The van der Waals surface area contributed by atoms with Crippen LogP contribution in [0.3, 0.4) is 0 Å². The molecule has 0 amide bonds. The number of anilines is 2. The summed E-state index contributed by atoms with van der Waals surface area (Å²) in [6.45, 7) is 1.84. The van der Waals surface area contributed by atoms with E-state index in [9.17, 15) is 4.39 Å². The predicted octanol–water partition coefficient (Wildman–Crippen LogP) is 2.91. The summed E-state index contributed by atoms with van der Waals surface area (Å²) in [5.74, 6) is -0.298. The molecule has 5 heteroatoms. The second-order valence-corrected chi connectivity index (χ2v) is 4.34. The minimum absolute atomic E-state index is 0.239. The zero-order valence-corrected chi connectivity index (χ0v) is 10.6. The molecule has 3 nitrogen and oxygen atoms in total. The van der Waals surface area contributed by atoms with Crippen LogP contribution in [0.2, 0.25) is 0 Å². The zero-order valence-electron chi connectivity index (χ0n) is 9.77. The van der Waals surface area contributed by atoms with E-state index in [-0.39, 0.29) is 10.8 Å². The van der Waals surface area contributed by atoms with Gasteiger partial charge in [0.15, 0.2) is 0 Å². The van der Waals surface area contributed by atoms with Crippen LogP contribution >= 0.6 is 12.2 Å². The van der Waals surface area contributed by atoms with E-state index >= 15 is 0 Å². The fourth-order valence-electron chi connectivity index (χ4n) is 1.49. The van der Waals surface area contributed by atoms with Crippen LogP contribution in [0, 0.1) is 12.7 Å². The lowest BCUT2D eigenvalue weighted by Crippen LogP contribution is -2.11. The maximum Gasteiger partial charge on any atom is 0.146 e. The van der Waals surface area contributed by atoms with E-state index in [0.29, 0.717) is 17.1 Å². The first-order valence-corrected chi connectivity index (χ1v) is 5.76. The fraction of sp³-hybridized carbons (Fsp3) is 0.0769. The van der Waals surface area contributed by atoms with Crippen LogP contribution in [0.4, 0.5) is 15.8 Å².